The fraction of sp³-hybridized carbons (Fsp3) is 0.385. The molecule has 0 aliphatic heterocycles. The third-order valence-corrected chi connectivity index (χ3v) is 2.01. The molecule has 0 spiro atoms. The van der Waals surface area contributed by atoms with Crippen LogP contribution in [0.5, 0.6) is 0 Å². The van der Waals surface area contributed by atoms with Gasteiger partial charge in [0.2, 0.25) is 6.29 Å². The van der Waals surface area contributed by atoms with Crippen LogP contribution < -0.4 is 5.73 Å². The number of rotatable bonds is 4. The first kappa shape index (κ1) is 14.0. The van der Waals surface area contributed by atoms with E-state index in [0.29, 0.717) is 24.5 Å². The van der Waals surface area contributed by atoms with Crippen LogP contribution in [0, 0.1) is 23.2 Å². The molecule has 0 unspecified atom stereocenters. The SMILES string of the molecule is CCOC(C#Cc1cnc(C#N)cc1N)OCC. The van der Waals surface area contributed by atoms with E-state index in [-0.39, 0.29) is 5.69 Å². The van der Waals surface area contributed by atoms with Gasteiger partial charge in [-0.15, -0.1) is 0 Å². The van der Waals surface area contributed by atoms with Crippen LogP contribution in [0.1, 0.15) is 25.1 Å². The Morgan fingerprint density at radius 3 is 2.56 bits per heavy atom. The predicted octanol–water partition coefficient (Wildman–Crippen LogP) is 1.29. The van der Waals surface area contributed by atoms with Crippen LogP contribution >= 0.6 is 0 Å². The molecule has 2 N–H and O–H groups in total. The topological polar surface area (TPSA) is 81.2 Å². The summed E-state index contributed by atoms with van der Waals surface area (Å²) in [6, 6.07) is 3.40. The fourth-order valence-corrected chi connectivity index (χ4v) is 1.21. The van der Waals surface area contributed by atoms with Crippen molar-refractivity contribution in [3.8, 4) is 17.9 Å². The lowest BCUT2D eigenvalue weighted by atomic mass is 10.2. The van der Waals surface area contributed by atoms with Gasteiger partial charge < -0.3 is 15.2 Å². The van der Waals surface area contributed by atoms with E-state index >= 15 is 0 Å². The highest BCUT2D eigenvalue weighted by atomic mass is 16.7. The summed E-state index contributed by atoms with van der Waals surface area (Å²) < 4.78 is 10.6. The summed E-state index contributed by atoms with van der Waals surface area (Å²) in [5.74, 6) is 5.66. The molecule has 0 saturated carbocycles. The van der Waals surface area contributed by atoms with Gasteiger partial charge in [-0.05, 0) is 25.8 Å². The summed E-state index contributed by atoms with van der Waals surface area (Å²) in [5.41, 5.74) is 7.00. The third kappa shape index (κ3) is 4.06. The Labute approximate surface area is 107 Å². The summed E-state index contributed by atoms with van der Waals surface area (Å²) in [5, 5.41) is 8.67. The van der Waals surface area contributed by atoms with Gasteiger partial charge in [0.05, 0.1) is 11.3 Å². The zero-order valence-corrected chi connectivity index (χ0v) is 10.4. The minimum absolute atomic E-state index is 0.268. The Hall–Kier alpha value is -2.08. The van der Waals surface area contributed by atoms with E-state index in [1.165, 1.54) is 12.3 Å². The van der Waals surface area contributed by atoms with Crippen LogP contribution in [0.3, 0.4) is 0 Å². The maximum Gasteiger partial charge on any atom is 0.222 e. The van der Waals surface area contributed by atoms with Gasteiger partial charge in [-0.2, -0.15) is 5.26 Å². The molecule has 0 saturated heterocycles. The molecule has 0 atom stereocenters. The number of nitriles is 1. The first-order chi connectivity index (χ1) is 8.71. The summed E-state index contributed by atoms with van der Waals surface area (Å²) >= 11 is 0. The number of nitrogen functional groups attached to an aromatic ring is 1. The molecule has 1 rings (SSSR count). The molecule has 0 aliphatic carbocycles. The van der Waals surface area contributed by atoms with Crippen molar-refractivity contribution < 1.29 is 9.47 Å². The number of hydrogen-bond acceptors (Lipinski definition) is 5. The van der Waals surface area contributed by atoms with Crippen molar-refractivity contribution in [2.24, 2.45) is 0 Å². The minimum Gasteiger partial charge on any atom is -0.398 e. The smallest absolute Gasteiger partial charge is 0.222 e. The second-order valence-electron chi connectivity index (χ2n) is 3.28. The Morgan fingerprint density at radius 2 is 2.06 bits per heavy atom. The van der Waals surface area contributed by atoms with Crippen LogP contribution in [0.4, 0.5) is 5.69 Å². The lowest BCUT2D eigenvalue weighted by Crippen LogP contribution is -2.14. The summed E-state index contributed by atoms with van der Waals surface area (Å²) in [7, 11) is 0. The maximum absolute atomic E-state index is 8.67. The van der Waals surface area contributed by atoms with Crippen molar-refractivity contribution in [1.82, 2.24) is 4.98 Å². The monoisotopic (exact) mass is 245 g/mol. The molecule has 1 aromatic heterocycles. The van der Waals surface area contributed by atoms with E-state index in [9.17, 15) is 0 Å². The molecule has 0 amide bonds. The zero-order valence-electron chi connectivity index (χ0n) is 10.4. The van der Waals surface area contributed by atoms with Gasteiger partial charge >= 0.3 is 0 Å². The van der Waals surface area contributed by atoms with Crippen LogP contribution in [0.15, 0.2) is 12.3 Å². The van der Waals surface area contributed by atoms with E-state index in [1.54, 1.807) is 0 Å². The minimum atomic E-state index is -0.574. The van der Waals surface area contributed by atoms with Crippen molar-refractivity contribution >= 4 is 5.69 Å². The molecule has 94 valence electrons. The standard InChI is InChI=1S/C13H15N3O2/c1-3-17-13(18-4-2)6-5-10-9-16-11(8-14)7-12(10)15/h7,9,13H,3-4H2,1-2H3,(H2,15,16). The molecule has 5 nitrogen and oxygen atoms in total. The van der Waals surface area contributed by atoms with Crippen molar-refractivity contribution in [2.45, 2.75) is 20.1 Å². The first-order valence-electron chi connectivity index (χ1n) is 5.61. The van der Waals surface area contributed by atoms with Crippen LogP contribution in [0.25, 0.3) is 0 Å². The molecule has 1 heterocycles. The van der Waals surface area contributed by atoms with E-state index in [2.05, 4.69) is 16.8 Å². The van der Waals surface area contributed by atoms with Crippen molar-refractivity contribution in [3.05, 3.63) is 23.5 Å². The van der Waals surface area contributed by atoms with Gasteiger partial charge in [-0.3, -0.25) is 0 Å². The Balaban J connectivity index is 2.86. The van der Waals surface area contributed by atoms with E-state index in [4.69, 9.17) is 20.5 Å². The van der Waals surface area contributed by atoms with Crippen molar-refractivity contribution in [1.29, 1.82) is 5.26 Å². The van der Waals surface area contributed by atoms with Crippen molar-refractivity contribution in [2.75, 3.05) is 18.9 Å². The molecular weight excluding hydrogens is 230 g/mol. The third-order valence-electron chi connectivity index (χ3n) is 2.01. The van der Waals surface area contributed by atoms with E-state index in [0.717, 1.165) is 0 Å². The Morgan fingerprint density at radius 1 is 1.39 bits per heavy atom. The summed E-state index contributed by atoms with van der Waals surface area (Å²) in [6.07, 6.45) is 0.894. The van der Waals surface area contributed by atoms with Gasteiger partial charge in [-0.1, -0.05) is 5.92 Å². The molecular formula is C13H15N3O2. The first-order valence-corrected chi connectivity index (χ1v) is 5.61. The highest BCUT2D eigenvalue weighted by molar-refractivity contribution is 5.56. The quantitative estimate of drug-likeness (QED) is 0.638. The van der Waals surface area contributed by atoms with Crippen LogP contribution in [-0.4, -0.2) is 24.5 Å². The highest BCUT2D eigenvalue weighted by Crippen LogP contribution is 2.09. The number of hydrogen-bond donors (Lipinski definition) is 1. The highest BCUT2D eigenvalue weighted by Gasteiger charge is 2.03. The fourth-order valence-electron chi connectivity index (χ4n) is 1.21. The average Bonchev–Trinajstić information content (AvgIpc) is 2.37. The lowest BCUT2D eigenvalue weighted by Gasteiger charge is -2.09. The van der Waals surface area contributed by atoms with Crippen LogP contribution in [-0.2, 0) is 9.47 Å². The van der Waals surface area contributed by atoms with E-state index < -0.39 is 6.29 Å². The number of aromatic nitrogens is 1. The second-order valence-corrected chi connectivity index (χ2v) is 3.28. The second kappa shape index (κ2) is 7.29. The van der Waals surface area contributed by atoms with Gasteiger partial charge in [0.15, 0.2) is 0 Å². The summed E-state index contributed by atoms with van der Waals surface area (Å²) in [6.45, 7) is 4.76. The Kier molecular flexibility index (Phi) is 5.66. The molecule has 0 radical (unpaired) electrons. The number of nitrogens with two attached hydrogens (primary N) is 1. The summed E-state index contributed by atoms with van der Waals surface area (Å²) in [4.78, 5) is 3.90. The zero-order chi connectivity index (χ0) is 13.4. The molecule has 18 heavy (non-hydrogen) atoms. The van der Waals surface area contributed by atoms with Gasteiger partial charge in [-0.25, -0.2) is 4.98 Å². The molecule has 0 aliphatic rings. The van der Waals surface area contributed by atoms with E-state index in [1.807, 2.05) is 19.9 Å². The molecule has 0 fully saturated rings. The largest absolute Gasteiger partial charge is 0.398 e. The number of anilines is 1. The van der Waals surface area contributed by atoms with Crippen LogP contribution in [0.2, 0.25) is 0 Å². The average molecular weight is 245 g/mol. The number of pyridine rings is 1. The molecule has 1 aromatic rings. The lowest BCUT2D eigenvalue weighted by molar-refractivity contribution is -0.0969. The molecule has 0 aromatic carbocycles. The molecule has 5 heteroatoms. The van der Waals surface area contributed by atoms with Gasteiger partial charge in [0.25, 0.3) is 0 Å². The maximum atomic E-state index is 8.67. The van der Waals surface area contributed by atoms with Gasteiger partial charge in [0.1, 0.15) is 11.8 Å². The van der Waals surface area contributed by atoms with Crippen molar-refractivity contribution in [3.63, 3.8) is 0 Å². The Bertz CT molecular complexity index is 491. The molecule has 0 bridgehead atoms. The predicted molar refractivity (Wildman–Crippen MR) is 67.3 cm³/mol. The number of ether oxygens (including phenoxy) is 2. The van der Waals surface area contributed by atoms with Gasteiger partial charge in [0, 0.05) is 19.4 Å². The normalized spacial score (nSPS) is 9.67. The number of nitrogens with zero attached hydrogens (tertiary/aromatic N) is 2.